The van der Waals surface area contributed by atoms with E-state index >= 15 is 0 Å². The molecule has 1 aromatic rings. The maximum Gasteiger partial charge on any atom is 0.331 e. The molecule has 3 fully saturated rings. The van der Waals surface area contributed by atoms with Gasteiger partial charge in [-0.1, -0.05) is 28.4 Å². The molecule has 1 heterocycles. The van der Waals surface area contributed by atoms with E-state index < -0.39 is 23.8 Å². The van der Waals surface area contributed by atoms with Crippen LogP contribution in [0.4, 0.5) is 10.5 Å². The Morgan fingerprint density at radius 3 is 2.72 bits per heavy atom. The maximum atomic E-state index is 12.8. The number of barbiturate groups is 1. The van der Waals surface area contributed by atoms with E-state index in [0.29, 0.717) is 17.5 Å². The third kappa shape index (κ3) is 3.01. The molecule has 1 saturated heterocycles. The van der Waals surface area contributed by atoms with Crippen LogP contribution in [0.2, 0.25) is 0 Å². The Hall–Kier alpha value is -2.02. The number of hydrogen-bond donors (Lipinski definition) is 1. The summed E-state index contributed by atoms with van der Waals surface area (Å²) in [6.45, 7) is 0. The van der Waals surface area contributed by atoms with Crippen molar-refractivity contribution in [1.82, 2.24) is 10.2 Å². The SMILES string of the molecule is O=C1NC(=O)N([C@@H]2C[C@H]3CC[C@H]2C3)C(=O)[C@@H]1C=Nc1cccc(Br)c1. The first-order valence-electron chi connectivity index (χ1n) is 8.50. The van der Waals surface area contributed by atoms with Crippen molar-refractivity contribution in [2.75, 3.05) is 0 Å². The van der Waals surface area contributed by atoms with E-state index in [-0.39, 0.29) is 6.04 Å². The second-order valence-corrected chi connectivity index (χ2v) is 7.90. The van der Waals surface area contributed by atoms with E-state index in [4.69, 9.17) is 0 Å². The number of urea groups is 1. The number of nitrogens with zero attached hydrogens (tertiary/aromatic N) is 2. The van der Waals surface area contributed by atoms with E-state index in [0.717, 1.165) is 23.7 Å². The monoisotopic (exact) mass is 403 g/mol. The van der Waals surface area contributed by atoms with Gasteiger partial charge in [-0.05, 0) is 49.3 Å². The Labute approximate surface area is 153 Å². The van der Waals surface area contributed by atoms with E-state index in [2.05, 4.69) is 26.2 Å². The quantitative estimate of drug-likeness (QED) is 0.622. The van der Waals surface area contributed by atoms with Gasteiger partial charge in [0.1, 0.15) is 0 Å². The van der Waals surface area contributed by atoms with Crippen molar-refractivity contribution in [1.29, 1.82) is 0 Å². The van der Waals surface area contributed by atoms with Crippen LogP contribution in [0.15, 0.2) is 33.7 Å². The minimum atomic E-state index is -1.06. The van der Waals surface area contributed by atoms with Crippen LogP contribution in [0.1, 0.15) is 25.7 Å². The second kappa shape index (κ2) is 6.37. The van der Waals surface area contributed by atoms with Crippen molar-refractivity contribution < 1.29 is 14.4 Å². The molecule has 1 N–H and O–H groups in total. The molecule has 3 aliphatic rings. The lowest BCUT2D eigenvalue weighted by Gasteiger charge is -2.36. The van der Waals surface area contributed by atoms with Crippen molar-refractivity contribution in [3.63, 3.8) is 0 Å². The summed E-state index contributed by atoms with van der Waals surface area (Å²) in [6.07, 6.45) is 5.50. The lowest BCUT2D eigenvalue weighted by molar-refractivity contribution is -0.141. The fourth-order valence-electron chi connectivity index (χ4n) is 4.30. The summed E-state index contributed by atoms with van der Waals surface area (Å²) in [5, 5.41) is 2.32. The Morgan fingerprint density at radius 1 is 1.20 bits per heavy atom. The molecule has 6 nitrogen and oxygen atoms in total. The summed E-state index contributed by atoms with van der Waals surface area (Å²) >= 11 is 3.36. The van der Waals surface area contributed by atoms with Gasteiger partial charge in [-0.3, -0.25) is 24.8 Å². The van der Waals surface area contributed by atoms with E-state index in [9.17, 15) is 14.4 Å². The van der Waals surface area contributed by atoms with Gasteiger partial charge in [-0.2, -0.15) is 0 Å². The average Bonchev–Trinajstić information content (AvgIpc) is 3.17. The summed E-state index contributed by atoms with van der Waals surface area (Å²) in [7, 11) is 0. The molecule has 1 aliphatic heterocycles. The number of imide groups is 2. The highest BCUT2D eigenvalue weighted by Crippen LogP contribution is 2.47. The number of nitrogens with one attached hydrogen (secondary N) is 1. The molecule has 2 saturated carbocycles. The van der Waals surface area contributed by atoms with Gasteiger partial charge in [0.15, 0.2) is 5.92 Å². The van der Waals surface area contributed by atoms with Crippen molar-refractivity contribution in [3.05, 3.63) is 28.7 Å². The molecule has 0 unspecified atom stereocenters. The summed E-state index contributed by atoms with van der Waals surface area (Å²) in [6, 6.07) is 6.60. The highest BCUT2D eigenvalue weighted by molar-refractivity contribution is 9.10. The summed E-state index contributed by atoms with van der Waals surface area (Å²) < 4.78 is 0.861. The fourth-order valence-corrected chi connectivity index (χ4v) is 4.68. The topological polar surface area (TPSA) is 78.8 Å². The lowest BCUT2D eigenvalue weighted by Crippen LogP contribution is -2.62. The Morgan fingerprint density at radius 2 is 2.04 bits per heavy atom. The molecular formula is C18H18BrN3O3. The van der Waals surface area contributed by atoms with Crippen LogP contribution in [0.3, 0.4) is 0 Å². The summed E-state index contributed by atoms with van der Waals surface area (Å²) in [5.41, 5.74) is 0.637. The molecule has 7 heteroatoms. The van der Waals surface area contributed by atoms with Gasteiger partial charge < -0.3 is 0 Å². The Balaban J connectivity index is 1.56. The minimum absolute atomic E-state index is 0.0823. The molecule has 4 rings (SSSR count). The number of carbonyl (C=O) groups excluding carboxylic acids is 3. The molecule has 0 spiro atoms. The zero-order valence-electron chi connectivity index (χ0n) is 13.5. The number of halogens is 1. The van der Waals surface area contributed by atoms with E-state index in [1.165, 1.54) is 17.5 Å². The van der Waals surface area contributed by atoms with Crippen LogP contribution in [0.5, 0.6) is 0 Å². The van der Waals surface area contributed by atoms with Crippen molar-refractivity contribution in [3.8, 4) is 0 Å². The Bertz CT molecular complexity index is 779. The zero-order valence-corrected chi connectivity index (χ0v) is 15.1. The molecule has 130 valence electrons. The first kappa shape index (κ1) is 16.4. The van der Waals surface area contributed by atoms with Gasteiger partial charge in [0.05, 0.1) is 5.69 Å². The third-order valence-electron chi connectivity index (χ3n) is 5.45. The lowest BCUT2D eigenvalue weighted by atomic mass is 9.92. The van der Waals surface area contributed by atoms with Crippen LogP contribution < -0.4 is 5.32 Å². The molecule has 4 amide bonds. The number of rotatable bonds is 3. The highest BCUT2D eigenvalue weighted by atomic mass is 79.9. The molecule has 1 aromatic carbocycles. The Kier molecular flexibility index (Phi) is 4.19. The number of benzene rings is 1. The van der Waals surface area contributed by atoms with Crippen molar-refractivity contribution in [2.24, 2.45) is 22.7 Å². The summed E-state index contributed by atoms with van der Waals surface area (Å²) in [4.78, 5) is 42.8. The predicted molar refractivity (Wildman–Crippen MR) is 95.4 cm³/mol. The van der Waals surface area contributed by atoms with Gasteiger partial charge in [-0.25, -0.2) is 4.79 Å². The van der Waals surface area contributed by atoms with E-state index in [1.807, 2.05) is 12.1 Å². The maximum absolute atomic E-state index is 12.8. The van der Waals surface area contributed by atoms with Gasteiger partial charge >= 0.3 is 6.03 Å². The van der Waals surface area contributed by atoms with Crippen molar-refractivity contribution >= 4 is 45.7 Å². The molecule has 4 atom stereocenters. The number of fused-ring (bicyclic) bond motifs is 2. The number of aliphatic imine (C=N–C) groups is 1. The highest BCUT2D eigenvalue weighted by Gasteiger charge is 2.50. The van der Waals surface area contributed by atoms with Gasteiger partial charge in [0, 0.05) is 16.7 Å². The normalized spacial score (nSPS) is 31.9. The fraction of sp³-hybridized carbons (Fsp3) is 0.444. The van der Waals surface area contributed by atoms with Gasteiger partial charge in [-0.15, -0.1) is 0 Å². The minimum Gasteiger partial charge on any atom is -0.277 e. The smallest absolute Gasteiger partial charge is 0.277 e. The standard InChI is InChI=1S/C18H18BrN3O3/c19-12-2-1-3-13(8-12)20-9-14-16(23)21-18(25)22(17(14)24)15-7-10-4-5-11(15)6-10/h1-3,8-11,14-15H,4-7H2,(H,21,23,25)/t10-,11-,14+,15+/m0/s1. The molecule has 25 heavy (non-hydrogen) atoms. The largest absolute Gasteiger partial charge is 0.331 e. The molecule has 2 bridgehead atoms. The molecule has 0 aromatic heterocycles. The molecular weight excluding hydrogens is 386 g/mol. The van der Waals surface area contributed by atoms with Crippen LogP contribution in [0.25, 0.3) is 0 Å². The van der Waals surface area contributed by atoms with Crippen LogP contribution in [0, 0.1) is 17.8 Å². The van der Waals surface area contributed by atoms with E-state index in [1.54, 1.807) is 12.1 Å². The van der Waals surface area contributed by atoms with Crippen molar-refractivity contribution in [2.45, 2.75) is 31.7 Å². The van der Waals surface area contributed by atoms with Gasteiger partial charge in [0.2, 0.25) is 11.8 Å². The number of carbonyl (C=O) groups is 3. The van der Waals surface area contributed by atoms with Crippen LogP contribution >= 0.6 is 15.9 Å². The molecule has 2 aliphatic carbocycles. The second-order valence-electron chi connectivity index (χ2n) is 6.98. The first-order valence-corrected chi connectivity index (χ1v) is 9.30. The molecule has 0 radical (unpaired) electrons. The van der Waals surface area contributed by atoms with Crippen LogP contribution in [-0.4, -0.2) is 35.0 Å². The number of amides is 4. The average molecular weight is 404 g/mol. The summed E-state index contributed by atoms with van der Waals surface area (Å²) in [5.74, 6) is -1.15. The first-order chi connectivity index (χ1) is 12.0. The van der Waals surface area contributed by atoms with Crippen LogP contribution in [-0.2, 0) is 9.59 Å². The predicted octanol–water partition coefficient (Wildman–Crippen LogP) is 3.03. The zero-order chi connectivity index (χ0) is 17.6. The third-order valence-corrected chi connectivity index (χ3v) is 5.94. The number of hydrogen-bond acceptors (Lipinski definition) is 4. The van der Waals surface area contributed by atoms with Gasteiger partial charge in [0.25, 0.3) is 0 Å².